The number of carbonyl (C=O) groups is 2. The van der Waals surface area contributed by atoms with Gasteiger partial charge in [0.05, 0.1) is 24.3 Å². The molecular formula is C22H18N4O5. The molecule has 156 valence electrons. The van der Waals surface area contributed by atoms with Crippen molar-refractivity contribution < 1.29 is 18.7 Å². The molecule has 0 bridgehead atoms. The van der Waals surface area contributed by atoms with E-state index in [2.05, 4.69) is 10.1 Å². The molecule has 1 saturated heterocycles. The Hall–Kier alpha value is -4.14. The fraction of sp³-hybridized carbons (Fsp3) is 0.182. The first-order valence-corrected chi connectivity index (χ1v) is 9.67. The number of hydrogen-bond acceptors (Lipinski definition) is 6. The zero-order valence-corrected chi connectivity index (χ0v) is 16.8. The molecule has 1 atom stereocenters. The molecule has 1 aliphatic rings. The van der Waals surface area contributed by atoms with Crippen LogP contribution in [0, 0.1) is 6.92 Å². The number of nitrogens with zero attached hydrogens (tertiary/aromatic N) is 3. The molecule has 9 nitrogen and oxygen atoms in total. The summed E-state index contributed by atoms with van der Waals surface area (Å²) in [5, 5.41) is 2.92. The maximum absolute atomic E-state index is 13.2. The van der Waals surface area contributed by atoms with E-state index in [0.29, 0.717) is 28.2 Å². The maximum atomic E-state index is 13.2. The van der Waals surface area contributed by atoms with E-state index in [9.17, 15) is 14.4 Å². The van der Waals surface area contributed by atoms with Gasteiger partial charge in [-0.2, -0.15) is 9.67 Å². The van der Waals surface area contributed by atoms with Gasteiger partial charge in [0.25, 0.3) is 5.56 Å². The third-order valence-electron chi connectivity index (χ3n) is 5.41. The summed E-state index contributed by atoms with van der Waals surface area (Å²) in [4.78, 5) is 44.6. The molecule has 0 radical (unpaired) electrons. The minimum atomic E-state index is -0.910. The number of amides is 2. The second kappa shape index (κ2) is 6.98. The fourth-order valence-electron chi connectivity index (χ4n) is 3.99. The van der Waals surface area contributed by atoms with Crippen molar-refractivity contribution in [3.8, 4) is 11.8 Å². The molecule has 0 saturated carbocycles. The molecule has 0 spiro atoms. The number of nitrogens with one attached hydrogen (secondary N) is 1. The highest BCUT2D eigenvalue weighted by atomic mass is 16.5. The number of aryl methyl sites for hydroxylation is 1. The van der Waals surface area contributed by atoms with Crippen LogP contribution in [0.4, 0.5) is 5.69 Å². The number of ether oxygens (including phenoxy) is 1. The van der Waals surface area contributed by atoms with Crippen LogP contribution in [0.5, 0.6) is 5.75 Å². The van der Waals surface area contributed by atoms with Gasteiger partial charge >= 0.3 is 6.01 Å². The predicted molar refractivity (Wildman–Crippen MR) is 112 cm³/mol. The van der Waals surface area contributed by atoms with Crippen molar-refractivity contribution >= 4 is 28.6 Å². The lowest BCUT2D eigenvalue weighted by molar-refractivity contribution is -0.121. The molecule has 1 fully saturated rings. The smallest absolute Gasteiger partial charge is 0.325 e. The van der Waals surface area contributed by atoms with Crippen molar-refractivity contribution in [1.82, 2.24) is 14.8 Å². The molecule has 9 heteroatoms. The number of carbonyl (C=O) groups excluding carboxylic acids is 2. The Morgan fingerprint density at radius 1 is 1.10 bits per heavy atom. The van der Waals surface area contributed by atoms with Gasteiger partial charge in [0.2, 0.25) is 11.8 Å². The first-order chi connectivity index (χ1) is 15.0. The Bertz CT molecular complexity index is 1360. The summed E-state index contributed by atoms with van der Waals surface area (Å²) >= 11 is 0. The summed E-state index contributed by atoms with van der Waals surface area (Å²) in [6, 6.07) is 14.0. The highest BCUT2D eigenvalue weighted by Gasteiger charge is 2.44. The molecule has 31 heavy (non-hydrogen) atoms. The first kappa shape index (κ1) is 18.9. The highest BCUT2D eigenvalue weighted by molar-refractivity contribution is 6.23. The minimum Gasteiger partial charge on any atom is -0.495 e. The van der Waals surface area contributed by atoms with Crippen molar-refractivity contribution in [1.29, 1.82) is 0 Å². The number of para-hydroxylation sites is 4. The van der Waals surface area contributed by atoms with Gasteiger partial charge < -0.3 is 9.15 Å². The lowest BCUT2D eigenvalue weighted by atomic mass is 9.98. The van der Waals surface area contributed by atoms with Gasteiger partial charge in [-0.3, -0.25) is 19.5 Å². The second-order valence-electron chi connectivity index (χ2n) is 7.25. The monoisotopic (exact) mass is 418 g/mol. The third-order valence-corrected chi connectivity index (χ3v) is 5.41. The van der Waals surface area contributed by atoms with Crippen molar-refractivity contribution in [2.45, 2.75) is 19.3 Å². The Morgan fingerprint density at radius 2 is 1.84 bits per heavy atom. The Balaban J connectivity index is 1.56. The van der Waals surface area contributed by atoms with Gasteiger partial charge in [-0.05, 0) is 31.2 Å². The quantitative estimate of drug-likeness (QED) is 0.510. The summed E-state index contributed by atoms with van der Waals surface area (Å²) < 4.78 is 12.1. The second-order valence-corrected chi connectivity index (χ2v) is 7.25. The van der Waals surface area contributed by atoms with Crippen LogP contribution < -0.4 is 15.2 Å². The molecule has 4 aromatic rings. The van der Waals surface area contributed by atoms with Gasteiger partial charge in [0.1, 0.15) is 11.3 Å². The number of aromatic nitrogens is 3. The molecule has 1 N–H and O–H groups in total. The Kier molecular flexibility index (Phi) is 4.25. The lowest BCUT2D eigenvalue weighted by Gasteiger charge is -2.17. The van der Waals surface area contributed by atoms with Gasteiger partial charge in [0, 0.05) is 12.1 Å². The van der Waals surface area contributed by atoms with Gasteiger partial charge in [-0.15, -0.1) is 0 Å². The summed E-state index contributed by atoms with van der Waals surface area (Å²) in [5.74, 6) is -1.38. The molecule has 2 amide bonds. The van der Waals surface area contributed by atoms with Crippen LogP contribution in [0.2, 0.25) is 0 Å². The standard InChI is InChI=1S/C22H18N4O5/c1-12-19(21(29)26(24-12)22-23-14-7-3-5-9-16(14)31-22)13-11-18(27)25(20(13)28)15-8-4-6-10-17(15)30-2/h3-10,13,24H,11H2,1-2H3/t13-/m1/s1. The maximum Gasteiger partial charge on any atom is 0.325 e. The lowest BCUT2D eigenvalue weighted by Crippen LogP contribution is -2.31. The van der Waals surface area contributed by atoms with E-state index in [-0.39, 0.29) is 18.0 Å². The molecule has 1 aliphatic heterocycles. The van der Waals surface area contributed by atoms with Gasteiger partial charge in [-0.1, -0.05) is 24.3 Å². The van der Waals surface area contributed by atoms with E-state index >= 15 is 0 Å². The van der Waals surface area contributed by atoms with Gasteiger partial charge in [-0.25, -0.2) is 4.90 Å². The van der Waals surface area contributed by atoms with Crippen molar-refractivity contribution in [2.75, 3.05) is 12.0 Å². The first-order valence-electron chi connectivity index (χ1n) is 9.67. The average Bonchev–Trinajstić information content (AvgIpc) is 3.41. The molecule has 2 aromatic heterocycles. The number of hydrogen-bond donors (Lipinski definition) is 1. The minimum absolute atomic E-state index is 0.0684. The number of benzene rings is 2. The highest BCUT2D eigenvalue weighted by Crippen LogP contribution is 2.37. The normalized spacial score (nSPS) is 16.5. The summed E-state index contributed by atoms with van der Waals surface area (Å²) in [5.41, 5.74) is 1.71. The molecule has 5 rings (SSSR count). The van der Waals surface area contributed by atoms with Crippen LogP contribution in [0.15, 0.2) is 57.7 Å². The van der Waals surface area contributed by atoms with E-state index in [4.69, 9.17) is 9.15 Å². The van der Waals surface area contributed by atoms with Crippen LogP contribution in [0.1, 0.15) is 23.6 Å². The van der Waals surface area contributed by atoms with E-state index in [1.807, 2.05) is 6.07 Å². The number of methoxy groups -OCH3 is 1. The Labute approximate surface area is 175 Å². The molecule has 0 unspecified atom stereocenters. The van der Waals surface area contributed by atoms with Crippen molar-refractivity contribution in [2.24, 2.45) is 0 Å². The fourth-order valence-corrected chi connectivity index (χ4v) is 3.99. The van der Waals surface area contributed by atoms with Crippen LogP contribution in [-0.2, 0) is 9.59 Å². The zero-order valence-electron chi connectivity index (χ0n) is 16.8. The van der Waals surface area contributed by atoms with E-state index < -0.39 is 23.3 Å². The van der Waals surface area contributed by atoms with E-state index in [0.717, 1.165) is 9.58 Å². The van der Waals surface area contributed by atoms with Crippen LogP contribution in [-0.4, -0.2) is 33.7 Å². The number of aromatic amines is 1. The van der Waals surface area contributed by atoms with Gasteiger partial charge in [0.15, 0.2) is 5.58 Å². The number of imide groups is 1. The number of anilines is 1. The van der Waals surface area contributed by atoms with Crippen LogP contribution in [0.3, 0.4) is 0 Å². The Morgan fingerprint density at radius 3 is 2.61 bits per heavy atom. The third kappa shape index (κ3) is 2.85. The number of oxazole rings is 1. The molecule has 3 heterocycles. The van der Waals surface area contributed by atoms with Crippen LogP contribution in [0.25, 0.3) is 17.1 Å². The number of H-pyrrole nitrogens is 1. The summed E-state index contributed by atoms with van der Waals surface area (Å²) in [6.45, 7) is 1.68. The van der Waals surface area contributed by atoms with Crippen molar-refractivity contribution in [3.05, 3.63) is 70.1 Å². The largest absolute Gasteiger partial charge is 0.495 e. The SMILES string of the molecule is COc1ccccc1N1C(=O)C[C@H](c2c(C)[nH]n(-c3nc4ccccc4o3)c2=O)C1=O. The average molecular weight is 418 g/mol. The van der Waals surface area contributed by atoms with E-state index in [1.54, 1.807) is 49.4 Å². The summed E-state index contributed by atoms with van der Waals surface area (Å²) in [6.07, 6.45) is -0.113. The summed E-state index contributed by atoms with van der Waals surface area (Å²) in [7, 11) is 1.47. The van der Waals surface area contributed by atoms with Crippen LogP contribution >= 0.6 is 0 Å². The molecule has 0 aliphatic carbocycles. The number of fused-ring (bicyclic) bond motifs is 1. The zero-order chi connectivity index (χ0) is 21.7. The molecule has 2 aromatic carbocycles. The predicted octanol–water partition coefficient (Wildman–Crippen LogP) is 2.67. The van der Waals surface area contributed by atoms with Crippen molar-refractivity contribution in [3.63, 3.8) is 0 Å². The number of rotatable bonds is 4. The van der Waals surface area contributed by atoms with E-state index in [1.165, 1.54) is 7.11 Å². The topological polar surface area (TPSA) is 110 Å². The molecular weight excluding hydrogens is 400 g/mol.